The van der Waals surface area contributed by atoms with Crippen LogP contribution < -0.4 is 11.1 Å². The first-order valence-electron chi connectivity index (χ1n) is 7.67. The Morgan fingerprint density at radius 3 is 2.61 bits per heavy atom. The van der Waals surface area contributed by atoms with Gasteiger partial charge in [0.25, 0.3) is 0 Å². The van der Waals surface area contributed by atoms with E-state index >= 15 is 0 Å². The number of hydrogen-bond acceptors (Lipinski definition) is 3. The van der Waals surface area contributed by atoms with E-state index in [1.54, 1.807) is 0 Å². The van der Waals surface area contributed by atoms with Gasteiger partial charge in [0.05, 0.1) is 0 Å². The third-order valence-electron chi connectivity index (χ3n) is 4.11. The van der Waals surface area contributed by atoms with Crippen LogP contribution in [0.5, 0.6) is 0 Å². The summed E-state index contributed by atoms with van der Waals surface area (Å²) in [7, 11) is 0. The summed E-state index contributed by atoms with van der Waals surface area (Å²) in [4.78, 5) is 2.66. The average molecular weight is 253 g/mol. The minimum absolute atomic E-state index is 0.346. The van der Waals surface area contributed by atoms with E-state index in [0.717, 1.165) is 25.4 Å². The second kappa shape index (κ2) is 5.89. The van der Waals surface area contributed by atoms with Crippen LogP contribution in [0.2, 0.25) is 0 Å². The molecule has 18 heavy (non-hydrogen) atoms. The molecule has 106 valence electrons. The highest BCUT2D eigenvalue weighted by Crippen LogP contribution is 2.29. The van der Waals surface area contributed by atoms with Gasteiger partial charge in [0.2, 0.25) is 0 Å². The highest BCUT2D eigenvalue weighted by molar-refractivity contribution is 4.91. The van der Waals surface area contributed by atoms with E-state index < -0.39 is 0 Å². The standard InChI is InChI=1S/C15H31N3/c1-15(2,3)10-12(16)6-8-17-13-7-9-18(11-13)14-4-5-14/h12-14,17H,4-11,16H2,1-3H3. The molecule has 1 aliphatic carbocycles. The minimum atomic E-state index is 0.346. The summed E-state index contributed by atoms with van der Waals surface area (Å²) < 4.78 is 0. The van der Waals surface area contributed by atoms with Crippen molar-refractivity contribution >= 4 is 0 Å². The molecule has 2 fully saturated rings. The van der Waals surface area contributed by atoms with Crippen LogP contribution >= 0.6 is 0 Å². The van der Waals surface area contributed by atoms with Crippen molar-refractivity contribution in [3.8, 4) is 0 Å². The quantitative estimate of drug-likeness (QED) is 0.760. The van der Waals surface area contributed by atoms with E-state index in [-0.39, 0.29) is 0 Å². The smallest absolute Gasteiger partial charge is 0.0207 e. The van der Waals surface area contributed by atoms with Gasteiger partial charge in [-0.2, -0.15) is 0 Å². The van der Waals surface area contributed by atoms with E-state index in [4.69, 9.17) is 5.73 Å². The van der Waals surface area contributed by atoms with Crippen LogP contribution in [-0.4, -0.2) is 42.7 Å². The summed E-state index contributed by atoms with van der Waals surface area (Å²) >= 11 is 0. The maximum absolute atomic E-state index is 6.18. The number of likely N-dealkylation sites (tertiary alicyclic amines) is 1. The van der Waals surface area contributed by atoms with Crippen LogP contribution in [0.1, 0.15) is 52.9 Å². The molecule has 1 heterocycles. The Kier molecular flexibility index (Phi) is 4.68. The number of nitrogens with zero attached hydrogens (tertiary/aromatic N) is 1. The van der Waals surface area contributed by atoms with E-state index in [0.29, 0.717) is 17.5 Å². The molecule has 0 aromatic rings. The molecule has 1 aliphatic heterocycles. The number of hydrogen-bond donors (Lipinski definition) is 2. The molecule has 3 nitrogen and oxygen atoms in total. The molecule has 0 aromatic heterocycles. The van der Waals surface area contributed by atoms with Gasteiger partial charge in [0.1, 0.15) is 0 Å². The van der Waals surface area contributed by atoms with Crippen LogP contribution in [0.3, 0.4) is 0 Å². The van der Waals surface area contributed by atoms with Crippen LogP contribution in [0.25, 0.3) is 0 Å². The van der Waals surface area contributed by atoms with E-state index in [1.807, 2.05) is 0 Å². The van der Waals surface area contributed by atoms with Crippen molar-refractivity contribution in [3.05, 3.63) is 0 Å². The largest absolute Gasteiger partial charge is 0.328 e. The predicted octanol–water partition coefficient (Wildman–Crippen LogP) is 1.97. The zero-order valence-corrected chi connectivity index (χ0v) is 12.4. The maximum atomic E-state index is 6.18. The van der Waals surface area contributed by atoms with Gasteiger partial charge in [0.15, 0.2) is 0 Å². The van der Waals surface area contributed by atoms with E-state index in [9.17, 15) is 0 Å². The van der Waals surface area contributed by atoms with Crippen molar-refractivity contribution in [3.63, 3.8) is 0 Å². The molecule has 0 bridgehead atoms. The summed E-state index contributed by atoms with van der Waals surface area (Å²) in [5.74, 6) is 0. The highest BCUT2D eigenvalue weighted by Gasteiger charge is 2.34. The summed E-state index contributed by atoms with van der Waals surface area (Å²) in [6, 6.07) is 1.99. The summed E-state index contributed by atoms with van der Waals surface area (Å²) in [5.41, 5.74) is 6.54. The third-order valence-corrected chi connectivity index (χ3v) is 4.11. The lowest BCUT2D eigenvalue weighted by atomic mass is 9.87. The van der Waals surface area contributed by atoms with Crippen molar-refractivity contribution in [2.45, 2.75) is 71.0 Å². The number of nitrogens with one attached hydrogen (secondary N) is 1. The SMILES string of the molecule is CC(C)(C)CC(N)CCNC1CCN(C2CC2)C1. The molecule has 0 amide bonds. The molecule has 2 unspecified atom stereocenters. The second-order valence-corrected chi connectivity index (χ2v) is 7.48. The Morgan fingerprint density at radius 1 is 1.28 bits per heavy atom. The minimum Gasteiger partial charge on any atom is -0.328 e. The molecule has 0 aromatic carbocycles. The molecular formula is C15H31N3. The first-order chi connectivity index (χ1) is 8.44. The van der Waals surface area contributed by atoms with Gasteiger partial charge in [-0.3, -0.25) is 4.90 Å². The van der Waals surface area contributed by atoms with Crippen molar-refractivity contribution in [2.24, 2.45) is 11.1 Å². The van der Waals surface area contributed by atoms with Gasteiger partial charge >= 0.3 is 0 Å². The lowest BCUT2D eigenvalue weighted by molar-refractivity contribution is 0.311. The number of nitrogens with two attached hydrogens (primary N) is 1. The average Bonchev–Trinajstić information content (AvgIpc) is 2.97. The zero-order chi connectivity index (χ0) is 13.2. The van der Waals surface area contributed by atoms with Gasteiger partial charge in [-0.05, 0) is 44.1 Å². The van der Waals surface area contributed by atoms with Gasteiger partial charge in [-0.25, -0.2) is 0 Å². The van der Waals surface area contributed by atoms with Gasteiger partial charge in [-0.15, -0.1) is 0 Å². The van der Waals surface area contributed by atoms with Crippen LogP contribution in [0.4, 0.5) is 0 Å². The lowest BCUT2D eigenvalue weighted by Crippen LogP contribution is -2.37. The first kappa shape index (κ1) is 14.3. The van der Waals surface area contributed by atoms with Gasteiger partial charge in [0, 0.05) is 31.2 Å². The fourth-order valence-corrected chi connectivity index (χ4v) is 3.09. The Balaban J connectivity index is 1.55. The van der Waals surface area contributed by atoms with E-state index in [2.05, 4.69) is 31.0 Å². The molecule has 1 saturated heterocycles. The van der Waals surface area contributed by atoms with Crippen molar-refractivity contribution in [2.75, 3.05) is 19.6 Å². The summed E-state index contributed by atoms with van der Waals surface area (Å²) in [6.07, 6.45) is 6.42. The fraction of sp³-hybridized carbons (Fsp3) is 1.00. The summed E-state index contributed by atoms with van der Waals surface area (Å²) in [6.45, 7) is 10.5. The van der Waals surface area contributed by atoms with Crippen molar-refractivity contribution in [1.29, 1.82) is 0 Å². The Bertz CT molecular complexity index is 255. The van der Waals surface area contributed by atoms with Crippen LogP contribution in [0, 0.1) is 5.41 Å². The Hall–Kier alpha value is -0.120. The molecule has 0 radical (unpaired) electrons. The number of rotatable bonds is 6. The Morgan fingerprint density at radius 2 is 2.00 bits per heavy atom. The molecule has 2 atom stereocenters. The molecule has 2 rings (SSSR count). The molecule has 0 spiro atoms. The molecule has 3 heteroatoms. The molecule has 2 aliphatic rings. The van der Waals surface area contributed by atoms with Crippen molar-refractivity contribution < 1.29 is 0 Å². The van der Waals surface area contributed by atoms with Crippen molar-refractivity contribution in [1.82, 2.24) is 10.2 Å². The van der Waals surface area contributed by atoms with E-state index in [1.165, 1.54) is 32.4 Å². The first-order valence-corrected chi connectivity index (χ1v) is 7.67. The fourth-order valence-electron chi connectivity index (χ4n) is 3.09. The zero-order valence-electron chi connectivity index (χ0n) is 12.4. The van der Waals surface area contributed by atoms with Gasteiger partial charge in [-0.1, -0.05) is 20.8 Å². The normalized spacial score (nSPS) is 27.7. The third kappa shape index (κ3) is 4.87. The molecular weight excluding hydrogens is 222 g/mol. The van der Waals surface area contributed by atoms with Crippen LogP contribution in [-0.2, 0) is 0 Å². The lowest BCUT2D eigenvalue weighted by Gasteiger charge is -2.23. The predicted molar refractivity (Wildman–Crippen MR) is 77.7 cm³/mol. The topological polar surface area (TPSA) is 41.3 Å². The summed E-state index contributed by atoms with van der Waals surface area (Å²) in [5, 5.41) is 3.69. The Labute approximate surface area is 112 Å². The second-order valence-electron chi connectivity index (χ2n) is 7.48. The maximum Gasteiger partial charge on any atom is 0.0207 e. The highest BCUT2D eigenvalue weighted by atomic mass is 15.2. The van der Waals surface area contributed by atoms with Crippen LogP contribution in [0.15, 0.2) is 0 Å². The molecule has 1 saturated carbocycles. The molecule has 3 N–H and O–H groups in total. The van der Waals surface area contributed by atoms with Gasteiger partial charge < -0.3 is 11.1 Å². The monoisotopic (exact) mass is 253 g/mol.